The molecule has 2 heterocycles. The lowest BCUT2D eigenvalue weighted by Crippen LogP contribution is -2.55. The Hall–Kier alpha value is -1.93. The molecule has 2 N–H and O–H groups in total. The molecule has 1 spiro atoms. The number of aliphatic hydroxyl groups is 2. The van der Waals surface area contributed by atoms with Crippen LogP contribution in [0.25, 0.3) is 0 Å². The van der Waals surface area contributed by atoms with Gasteiger partial charge in [-0.05, 0) is 68.4 Å². The lowest BCUT2D eigenvalue weighted by atomic mass is 9.49. The van der Waals surface area contributed by atoms with Crippen LogP contribution in [0.15, 0.2) is 35.4 Å². The van der Waals surface area contributed by atoms with Crippen molar-refractivity contribution in [1.29, 1.82) is 0 Å². The second kappa shape index (κ2) is 9.53. The van der Waals surface area contributed by atoms with Gasteiger partial charge < -0.3 is 29.2 Å². The summed E-state index contributed by atoms with van der Waals surface area (Å²) in [7, 11) is 0. The molecular formula is C33H39F3O6. The molecule has 228 valence electrons. The zero-order valence-corrected chi connectivity index (χ0v) is 24.2. The monoisotopic (exact) mass is 588 g/mol. The molecule has 6 aliphatic rings. The molecular weight excluding hydrogens is 549 g/mol. The van der Waals surface area contributed by atoms with Crippen molar-refractivity contribution in [1.82, 2.24) is 0 Å². The molecule has 2 aliphatic heterocycles. The highest BCUT2D eigenvalue weighted by Gasteiger charge is 2.64. The molecule has 7 rings (SSSR count). The van der Waals surface area contributed by atoms with Crippen LogP contribution in [0.5, 0.6) is 0 Å². The Balaban J connectivity index is 1.33. The maximum atomic E-state index is 13.2. The fourth-order valence-electron chi connectivity index (χ4n) is 9.40. The molecule has 1 aromatic carbocycles. The van der Waals surface area contributed by atoms with Crippen LogP contribution >= 0.6 is 0 Å². The van der Waals surface area contributed by atoms with Crippen LogP contribution in [0.2, 0.25) is 0 Å². The van der Waals surface area contributed by atoms with Gasteiger partial charge in [0.05, 0.1) is 32.0 Å². The normalized spacial score (nSPS) is 40.3. The van der Waals surface area contributed by atoms with Crippen molar-refractivity contribution >= 4 is 0 Å². The summed E-state index contributed by atoms with van der Waals surface area (Å²) in [5, 5.41) is 24.0. The van der Waals surface area contributed by atoms with E-state index in [1.54, 1.807) is 0 Å². The number of rotatable bonds is 2. The largest absolute Gasteiger partial charge is 0.457 e. The quantitative estimate of drug-likeness (QED) is 0.353. The third kappa shape index (κ3) is 4.40. The SMILES string of the molecule is CC1(c2ccc([C@H]3C[C@@]4(C)C(CC[C@@]4(O)C#CC(F)(F)F)C4CC[C@@]5(O)CC6(CCC5=C43)OCCO6)cc2)OCCO1. The van der Waals surface area contributed by atoms with Crippen molar-refractivity contribution in [2.24, 2.45) is 17.3 Å². The fraction of sp³-hybridized carbons (Fsp3) is 0.697. The summed E-state index contributed by atoms with van der Waals surface area (Å²) in [5.41, 5.74) is 0.451. The highest BCUT2D eigenvalue weighted by atomic mass is 19.4. The molecule has 9 heteroatoms. The first-order valence-electron chi connectivity index (χ1n) is 15.2. The molecule has 6 nitrogen and oxygen atoms in total. The molecule has 0 amide bonds. The van der Waals surface area contributed by atoms with Crippen molar-refractivity contribution in [3.05, 3.63) is 46.5 Å². The summed E-state index contributed by atoms with van der Waals surface area (Å²) in [5.74, 6) is 1.92. The molecule has 0 bridgehead atoms. The van der Waals surface area contributed by atoms with Gasteiger partial charge in [0.1, 0.15) is 5.60 Å². The van der Waals surface area contributed by atoms with E-state index >= 15 is 0 Å². The van der Waals surface area contributed by atoms with Gasteiger partial charge in [0.2, 0.25) is 0 Å². The van der Waals surface area contributed by atoms with Crippen molar-refractivity contribution in [3.63, 3.8) is 0 Å². The van der Waals surface area contributed by atoms with Crippen LogP contribution in [-0.2, 0) is 24.7 Å². The van der Waals surface area contributed by atoms with Gasteiger partial charge in [-0.3, -0.25) is 0 Å². The number of hydrogen-bond donors (Lipinski definition) is 2. The van der Waals surface area contributed by atoms with Gasteiger partial charge in [0, 0.05) is 35.7 Å². The van der Waals surface area contributed by atoms with Crippen molar-refractivity contribution in [3.8, 4) is 11.8 Å². The number of benzene rings is 1. The predicted molar refractivity (Wildman–Crippen MR) is 146 cm³/mol. The zero-order valence-electron chi connectivity index (χ0n) is 24.2. The Morgan fingerprint density at radius 1 is 0.881 bits per heavy atom. The second-order valence-corrected chi connectivity index (χ2v) is 13.6. The van der Waals surface area contributed by atoms with Crippen molar-refractivity contribution in [2.75, 3.05) is 26.4 Å². The molecule has 0 aromatic heterocycles. The maximum absolute atomic E-state index is 13.2. The average Bonchev–Trinajstić information content (AvgIpc) is 3.65. The van der Waals surface area contributed by atoms with E-state index in [1.165, 1.54) is 11.5 Å². The zero-order chi connectivity index (χ0) is 29.6. The Morgan fingerprint density at radius 3 is 2.21 bits per heavy atom. The fourth-order valence-corrected chi connectivity index (χ4v) is 9.40. The summed E-state index contributed by atoms with van der Waals surface area (Å²) in [6, 6.07) is 8.07. The Kier molecular flexibility index (Phi) is 6.54. The van der Waals surface area contributed by atoms with E-state index in [1.807, 2.05) is 38.1 Å². The highest BCUT2D eigenvalue weighted by Crippen LogP contribution is 2.68. The van der Waals surface area contributed by atoms with E-state index in [9.17, 15) is 23.4 Å². The Bertz CT molecular complexity index is 1330. The van der Waals surface area contributed by atoms with E-state index in [0.717, 1.165) is 16.7 Å². The third-order valence-electron chi connectivity index (χ3n) is 11.5. The van der Waals surface area contributed by atoms with Crippen molar-refractivity contribution < 1.29 is 42.3 Å². The lowest BCUT2D eigenvalue weighted by Gasteiger charge is -2.57. The molecule has 1 aromatic rings. The number of allylic oxidation sites excluding steroid dienone is 1. The standard InChI is InChI=1S/C33H39F3O6/c1-28-19-24(21-3-5-22(6-4-21)29(2)39-15-16-40-29)27-23(25(28)8-11-31(28,38)13-14-33(34,35)36)7-10-30(37)20-32(12-9-26(27)30)41-17-18-42-32/h3-6,23-25,37-38H,7-12,15-20H2,1-2H3/t23?,24-,25?,28+,30-,31-/m1/s1. The summed E-state index contributed by atoms with van der Waals surface area (Å²) < 4.78 is 63.4. The molecule has 4 aliphatic carbocycles. The van der Waals surface area contributed by atoms with E-state index in [-0.39, 0.29) is 24.2 Å². The van der Waals surface area contributed by atoms with Crippen LogP contribution in [0.3, 0.4) is 0 Å². The summed E-state index contributed by atoms with van der Waals surface area (Å²) in [4.78, 5) is 0. The first-order valence-corrected chi connectivity index (χ1v) is 15.2. The van der Waals surface area contributed by atoms with Gasteiger partial charge in [0.25, 0.3) is 0 Å². The number of hydrogen-bond acceptors (Lipinski definition) is 6. The van der Waals surface area contributed by atoms with Crippen LogP contribution in [0.1, 0.15) is 82.3 Å². The van der Waals surface area contributed by atoms with Gasteiger partial charge in [-0.1, -0.05) is 42.7 Å². The molecule has 2 saturated heterocycles. The van der Waals surface area contributed by atoms with E-state index in [4.69, 9.17) is 18.9 Å². The smallest absolute Gasteiger partial charge is 0.385 e. The first kappa shape index (κ1) is 28.8. The molecule has 42 heavy (non-hydrogen) atoms. The van der Waals surface area contributed by atoms with Crippen molar-refractivity contribution in [2.45, 2.75) is 100 Å². The van der Waals surface area contributed by atoms with E-state index in [0.29, 0.717) is 71.4 Å². The first-order chi connectivity index (χ1) is 19.8. The predicted octanol–water partition coefficient (Wildman–Crippen LogP) is 5.47. The average molecular weight is 589 g/mol. The second-order valence-electron chi connectivity index (χ2n) is 13.6. The summed E-state index contributed by atoms with van der Waals surface area (Å²) >= 11 is 0. The van der Waals surface area contributed by atoms with Gasteiger partial charge in [0.15, 0.2) is 11.6 Å². The summed E-state index contributed by atoms with van der Waals surface area (Å²) in [6.45, 7) is 5.89. The van der Waals surface area contributed by atoms with E-state index < -0.39 is 34.4 Å². The molecule has 2 unspecified atom stereocenters. The molecule has 5 fully saturated rings. The number of halogens is 3. The number of fused-ring (bicyclic) bond motifs is 4. The van der Waals surface area contributed by atoms with Crippen LogP contribution in [0, 0.1) is 29.1 Å². The minimum atomic E-state index is -4.68. The minimum absolute atomic E-state index is 0.0314. The van der Waals surface area contributed by atoms with Gasteiger partial charge in [-0.2, -0.15) is 13.2 Å². The van der Waals surface area contributed by atoms with Crippen LogP contribution in [-0.4, -0.2) is 59.8 Å². The molecule has 3 saturated carbocycles. The number of alkyl halides is 3. The van der Waals surface area contributed by atoms with Gasteiger partial charge >= 0.3 is 6.18 Å². The maximum Gasteiger partial charge on any atom is 0.457 e. The molecule has 0 radical (unpaired) electrons. The Morgan fingerprint density at radius 2 is 1.55 bits per heavy atom. The van der Waals surface area contributed by atoms with Crippen LogP contribution < -0.4 is 0 Å². The number of ether oxygens (including phenoxy) is 4. The minimum Gasteiger partial charge on any atom is -0.385 e. The van der Waals surface area contributed by atoms with Crippen LogP contribution in [0.4, 0.5) is 13.2 Å². The van der Waals surface area contributed by atoms with E-state index in [2.05, 4.69) is 5.92 Å². The lowest BCUT2D eigenvalue weighted by molar-refractivity contribution is -0.208. The highest BCUT2D eigenvalue weighted by molar-refractivity contribution is 5.45. The van der Waals surface area contributed by atoms with Gasteiger partial charge in [-0.15, -0.1) is 0 Å². The Labute approximate surface area is 244 Å². The van der Waals surface area contributed by atoms with Gasteiger partial charge in [-0.25, -0.2) is 0 Å². The molecule has 6 atom stereocenters. The topological polar surface area (TPSA) is 77.4 Å². The third-order valence-corrected chi connectivity index (χ3v) is 11.5. The summed E-state index contributed by atoms with van der Waals surface area (Å²) in [6.07, 6.45) is -0.558.